The Hall–Kier alpha value is -3.09. The normalized spacial score (nSPS) is 12.9. The molecule has 0 saturated heterocycles. The average molecular weight is 312 g/mol. The fourth-order valence-electron chi connectivity index (χ4n) is 2.49. The van der Waals surface area contributed by atoms with Crippen molar-refractivity contribution in [1.29, 1.82) is 0 Å². The smallest absolute Gasteiger partial charge is 0.437 e. The molecule has 23 heavy (non-hydrogen) atoms. The molecule has 1 aromatic carbocycles. The molecule has 116 valence electrons. The topological polar surface area (TPSA) is 87.5 Å². The Morgan fingerprint density at radius 1 is 1.30 bits per heavy atom. The number of furan rings is 1. The minimum Gasteiger partial charge on any atom is -0.493 e. The molecule has 0 fully saturated rings. The van der Waals surface area contributed by atoms with Gasteiger partial charge >= 0.3 is 5.76 Å². The van der Waals surface area contributed by atoms with Crippen molar-refractivity contribution in [3.05, 3.63) is 58.3 Å². The highest BCUT2D eigenvalue weighted by Gasteiger charge is 2.18. The van der Waals surface area contributed by atoms with E-state index in [2.05, 4.69) is 5.10 Å². The van der Waals surface area contributed by atoms with Gasteiger partial charge in [-0.1, -0.05) is 0 Å². The number of aromatic nitrogens is 2. The molecule has 3 heterocycles. The standard InChI is InChI=1S/C16H12N2O5/c19-12(10-3-4-13-11(8-10)5-7-22-13)9-18-16(20)23-15(17-18)14-2-1-6-21-14/h1-4,6,8H,5,7,9H2. The summed E-state index contributed by atoms with van der Waals surface area (Å²) in [7, 11) is 0. The number of ether oxygens (including phenoxy) is 1. The number of fused-ring (bicyclic) bond motifs is 1. The maximum absolute atomic E-state index is 12.4. The minimum atomic E-state index is -0.700. The lowest BCUT2D eigenvalue weighted by atomic mass is 10.1. The van der Waals surface area contributed by atoms with E-state index in [1.807, 2.05) is 0 Å². The lowest BCUT2D eigenvalue weighted by Gasteiger charge is -2.03. The van der Waals surface area contributed by atoms with Gasteiger partial charge in [-0.3, -0.25) is 4.79 Å². The molecular formula is C16H12N2O5. The van der Waals surface area contributed by atoms with E-state index < -0.39 is 5.76 Å². The SMILES string of the molecule is O=C(Cn1nc(-c2ccco2)oc1=O)c1ccc2c(c1)CCO2. The van der Waals surface area contributed by atoms with Gasteiger partial charge in [-0.05, 0) is 35.9 Å². The first kappa shape index (κ1) is 13.6. The van der Waals surface area contributed by atoms with Crippen LogP contribution in [0.15, 0.2) is 50.2 Å². The molecule has 0 bridgehead atoms. The third-order valence-corrected chi connectivity index (χ3v) is 3.64. The lowest BCUT2D eigenvalue weighted by Crippen LogP contribution is -2.21. The summed E-state index contributed by atoms with van der Waals surface area (Å²) in [6, 6.07) is 8.54. The van der Waals surface area contributed by atoms with Crippen LogP contribution in [0.5, 0.6) is 5.75 Å². The van der Waals surface area contributed by atoms with Crippen LogP contribution in [-0.2, 0) is 13.0 Å². The summed E-state index contributed by atoms with van der Waals surface area (Å²) in [5, 5.41) is 3.99. The van der Waals surface area contributed by atoms with Crippen molar-refractivity contribution in [2.75, 3.05) is 6.61 Å². The van der Waals surface area contributed by atoms with E-state index in [-0.39, 0.29) is 18.2 Å². The van der Waals surface area contributed by atoms with Crippen LogP contribution in [0.4, 0.5) is 0 Å². The van der Waals surface area contributed by atoms with Gasteiger partial charge in [-0.2, -0.15) is 4.68 Å². The number of hydrogen-bond donors (Lipinski definition) is 0. The number of hydrogen-bond acceptors (Lipinski definition) is 6. The van der Waals surface area contributed by atoms with Crippen molar-refractivity contribution in [3.63, 3.8) is 0 Å². The Labute approximate surface area is 130 Å². The summed E-state index contributed by atoms with van der Waals surface area (Å²) in [6.07, 6.45) is 2.23. The molecule has 0 aliphatic carbocycles. The number of nitrogens with zero attached hydrogens (tertiary/aromatic N) is 2. The first-order chi connectivity index (χ1) is 11.2. The van der Waals surface area contributed by atoms with E-state index in [1.165, 1.54) is 6.26 Å². The molecule has 3 aromatic rings. The largest absolute Gasteiger partial charge is 0.493 e. The first-order valence-corrected chi connectivity index (χ1v) is 7.11. The van der Waals surface area contributed by atoms with Gasteiger partial charge in [-0.25, -0.2) is 4.79 Å². The predicted molar refractivity (Wildman–Crippen MR) is 78.4 cm³/mol. The van der Waals surface area contributed by atoms with Gasteiger partial charge in [0.2, 0.25) is 0 Å². The predicted octanol–water partition coefficient (Wildman–Crippen LogP) is 1.91. The van der Waals surface area contributed by atoms with Crippen LogP contribution >= 0.6 is 0 Å². The number of Topliss-reactive ketones (excluding diaryl/α,β-unsaturated/α-hetero) is 1. The highest BCUT2D eigenvalue weighted by Crippen LogP contribution is 2.26. The maximum atomic E-state index is 12.4. The van der Waals surface area contributed by atoms with Gasteiger partial charge in [0.05, 0.1) is 12.9 Å². The highest BCUT2D eigenvalue weighted by atomic mass is 16.5. The molecule has 7 nitrogen and oxygen atoms in total. The van der Waals surface area contributed by atoms with Crippen molar-refractivity contribution in [3.8, 4) is 17.4 Å². The lowest BCUT2D eigenvalue weighted by molar-refractivity contribution is 0.0965. The van der Waals surface area contributed by atoms with Crippen molar-refractivity contribution >= 4 is 5.78 Å². The molecule has 7 heteroatoms. The fourth-order valence-corrected chi connectivity index (χ4v) is 2.49. The third-order valence-electron chi connectivity index (χ3n) is 3.64. The van der Waals surface area contributed by atoms with E-state index in [9.17, 15) is 9.59 Å². The Bertz CT molecular complexity index is 920. The molecule has 4 rings (SSSR count). The molecule has 0 N–H and O–H groups in total. The quantitative estimate of drug-likeness (QED) is 0.684. The van der Waals surface area contributed by atoms with Gasteiger partial charge in [0.15, 0.2) is 11.5 Å². The summed E-state index contributed by atoms with van der Waals surface area (Å²) in [4.78, 5) is 24.2. The second-order valence-electron chi connectivity index (χ2n) is 5.15. The van der Waals surface area contributed by atoms with Crippen LogP contribution in [-0.4, -0.2) is 22.2 Å². The average Bonchev–Trinajstić information content (AvgIpc) is 3.27. The zero-order valence-corrected chi connectivity index (χ0v) is 12.0. The van der Waals surface area contributed by atoms with Crippen molar-refractivity contribution in [2.24, 2.45) is 0 Å². The molecule has 1 aliphatic heterocycles. The molecule has 0 atom stereocenters. The molecule has 1 aliphatic rings. The van der Waals surface area contributed by atoms with E-state index in [0.717, 1.165) is 22.4 Å². The number of ketones is 1. The number of benzene rings is 1. The monoisotopic (exact) mass is 312 g/mol. The summed E-state index contributed by atoms with van der Waals surface area (Å²) in [5.41, 5.74) is 1.52. The van der Waals surface area contributed by atoms with Gasteiger partial charge in [0.1, 0.15) is 12.3 Å². The van der Waals surface area contributed by atoms with Crippen molar-refractivity contribution in [1.82, 2.24) is 9.78 Å². The number of rotatable bonds is 4. The second-order valence-corrected chi connectivity index (χ2v) is 5.15. The Kier molecular flexibility index (Phi) is 3.11. The number of carbonyl (C=O) groups is 1. The zero-order valence-electron chi connectivity index (χ0n) is 12.0. The second kappa shape index (κ2) is 5.28. The molecular weight excluding hydrogens is 300 g/mol. The Morgan fingerprint density at radius 3 is 3.04 bits per heavy atom. The summed E-state index contributed by atoms with van der Waals surface area (Å²) < 4.78 is 16.5. The van der Waals surface area contributed by atoms with Gasteiger partial charge < -0.3 is 13.6 Å². The molecule has 2 aromatic heterocycles. The first-order valence-electron chi connectivity index (χ1n) is 7.11. The van der Waals surface area contributed by atoms with E-state index in [0.29, 0.717) is 17.9 Å². The van der Waals surface area contributed by atoms with Crippen LogP contribution in [0, 0.1) is 0 Å². The van der Waals surface area contributed by atoms with Crippen molar-refractivity contribution < 1.29 is 18.4 Å². The Morgan fingerprint density at radius 2 is 2.22 bits per heavy atom. The van der Waals surface area contributed by atoms with Crippen LogP contribution in [0.1, 0.15) is 15.9 Å². The van der Waals surface area contributed by atoms with E-state index >= 15 is 0 Å². The van der Waals surface area contributed by atoms with Crippen molar-refractivity contribution in [2.45, 2.75) is 13.0 Å². The van der Waals surface area contributed by atoms with Gasteiger partial charge in [0.25, 0.3) is 5.89 Å². The summed E-state index contributed by atoms with van der Waals surface area (Å²) in [6.45, 7) is 0.435. The van der Waals surface area contributed by atoms with Crippen LogP contribution in [0.3, 0.4) is 0 Å². The van der Waals surface area contributed by atoms with E-state index in [1.54, 1.807) is 30.3 Å². The zero-order chi connectivity index (χ0) is 15.8. The fraction of sp³-hybridized carbons (Fsp3) is 0.188. The Balaban J connectivity index is 1.58. The molecule has 0 radical (unpaired) electrons. The highest BCUT2D eigenvalue weighted by molar-refractivity contribution is 5.96. The molecule has 0 amide bonds. The number of carbonyl (C=O) groups excluding carboxylic acids is 1. The molecule has 0 saturated carbocycles. The van der Waals surface area contributed by atoms with Crippen LogP contribution in [0.25, 0.3) is 11.7 Å². The van der Waals surface area contributed by atoms with E-state index in [4.69, 9.17) is 13.6 Å². The molecule has 0 unspecified atom stereocenters. The minimum absolute atomic E-state index is 0.0511. The molecule has 0 spiro atoms. The van der Waals surface area contributed by atoms with Crippen LogP contribution < -0.4 is 10.5 Å². The maximum Gasteiger partial charge on any atom is 0.437 e. The van der Waals surface area contributed by atoms with Crippen LogP contribution in [0.2, 0.25) is 0 Å². The summed E-state index contributed by atoms with van der Waals surface area (Å²) in [5.74, 6) is 0.272. The van der Waals surface area contributed by atoms with Gasteiger partial charge in [0, 0.05) is 12.0 Å². The summed E-state index contributed by atoms with van der Waals surface area (Å²) >= 11 is 0. The third kappa shape index (κ3) is 2.46. The van der Waals surface area contributed by atoms with Gasteiger partial charge in [-0.15, -0.1) is 5.10 Å².